The largest absolute Gasteiger partial charge is 0.702 e. The van der Waals surface area contributed by atoms with Crippen molar-refractivity contribution in [1.82, 2.24) is 0 Å². The van der Waals surface area contributed by atoms with Crippen LogP contribution in [0.1, 0.15) is 20.3 Å². The third kappa shape index (κ3) is 3.18. The lowest BCUT2D eigenvalue weighted by atomic mass is 9.99. The number of rotatable bonds is 0. The fourth-order valence-corrected chi connectivity index (χ4v) is 2.23. The van der Waals surface area contributed by atoms with Gasteiger partial charge in [-0.25, -0.2) is 0 Å². The van der Waals surface area contributed by atoms with E-state index in [0.717, 1.165) is 11.1 Å². The van der Waals surface area contributed by atoms with Gasteiger partial charge in [-0.05, 0) is 25.0 Å². The van der Waals surface area contributed by atoms with Crippen LogP contribution in [0, 0.1) is 0 Å². The maximum absolute atomic E-state index is 11.3. The van der Waals surface area contributed by atoms with Crippen molar-refractivity contribution < 1.29 is 13.6 Å². The normalized spacial score (nSPS) is 33.8. The maximum atomic E-state index is 11.3. The zero-order chi connectivity index (χ0) is 12.3. The molecule has 6 N–H and O–H groups in total. The van der Waals surface area contributed by atoms with E-state index in [0.29, 0.717) is 0 Å². The van der Waals surface area contributed by atoms with Gasteiger partial charge in [0, 0.05) is 11.0 Å². The first kappa shape index (κ1) is 13.4. The monoisotopic (exact) mass is 246 g/mol. The Hall–Kier alpha value is -0.620. The summed E-state index contributed by atoms with van der Waals surface area (Å²) in [6.07, 6.45) is 3.04. The van der Waals surface area contributed by atoms with Crippen LogP contribution < -0.4 is 17.2 Å². The molecular formula is C9H17N3O3P+. The number of nitrogens with two attached hydrogens (primary N) is 3. The highest BCUT2D eigenvalue weighted by Gasteiger charge is 2.41. The highest BCUT2D eigenvalue weighted by atomic mass is 31.1. The smallest absolute Gasteiger partial charge is 0.298 e. The van der Waals surface area contributed by atoms with Gasteiger partial charge in [-0.1, -0.05) is 21.2 Å². The molecule has 0 amide bonds. The minimum Gasteiger partial charge on any atom is -0.298 e. The lowest BCUT2D eigenvalue weighted by Crippen LogP contribution is -2.52. The Morgan fingerprint density at radius 3 is 2.56 bits per heavy atom. The molecule has 0 aromatic rings. The van der Waals surface area contributed by atoms with Crippen LogP contribution in [-0.2, 0) is 13.6 Å². The average molecular weight is 246 g/mol. The van der Waals surface area contributed by atoms with Crippen molar-refractivity contribution in [3.05, 3.63) is 23.3 Å². The molecule has 0 bridgehead atoms. The van der Waals surface area contributed by atoms with Crippen LogP contribution >= 0.6 is 8.25 Å². The minimum absolute atomic E-state index is 0.224. The van der Waals surface area contributed by atoms with Gasteiger partial charge in [0.25, 0.3) is 0 Å². The van der Waals surface area contributed by atoms with Gasteiger partial charge in [0.2, 0.25) is 5.85 Å². The highest BCUT2D eigenvalue weighted by Crippen LogP contribution is 2.37. The lowest BCUT2D eigenvalue weighted by molar-refractivity contribution is 0.0538. The third-order valence-corrected chi connectivity index (χ3v) is 3.14. The number of hydrogen-bond donors (Lipinski definition) is 3. The van der Waals surface area contributed by atoms with E-state index >= 15 is 0 Å². The second-order valence-corrected chi connectivity index (χ2v) is 4.37. The van der Waals surface area contributed by atoms with Gasteiger partial charge in [0.05, 0.1) is 0 Å². The quantitative estimate of drug-likeness (QED) is 0.431. The Kier molecular flexibility index (Phi) is 4.32. The lowest BCUT2D eigenvalue weighted by Gasteiger charge is -2.24. The molecule has 1 rings (SSSR count). The first-order chi connectivity index (χ1) is 7.39. The Bertz CT molecular complexity index is 352. The summed E-state index contributed by atoms with van der Waals surface area (Å²) < 4.78 is 21.2. The molecule has 16 heavy (non-hydrogen) atoms. The van der Waals surface area contributed by atoms with E-state index in [9.17, 15) is 4.57 Å². The van der Waals surface area contributed by atoms with E-state index in [4.69, 9.17) is 26.2 Å². The molecule has 6 nitrogen and oxygen atoms in total. The number of allylic oxidation sites excluding steroid dienone is 2. The molecule has 0 spiro atoms. The molecule has 2 atom stereocenters. The second-order valence-electron chi connectivity index (χ2n) is 3.53. The summed E-state index contributed by atoms with van der Waals surface area (Å²) in [4.78, 5) is 0. The standard InChI is InChI=1S/C9H17N3O3P/c1-3-6-5-9(11,12)15-16(13)14-8(10)7(6)4-2/h3-4,8H,5,10-12H2,1-2H3/q+1. The summed E-state index contributed by atoms with van der Waals surface area (Å²) in [5, 5.41) is 0. The summed E-state index contributed by atoms with van der Waals surface area (Å²) in [6, 6.07) is 0. The van der Waals surface area contributed by atoms with Crippen molar-refractivity contribution in [3.63, 3.8) is 0 Å². The molecule has 90 valence electrons. The van der Waals surface area contributed by atoms with Crippen molar-refractivity contribution in [3.8, 4) is 0 Å². The molecule has 1 heterocycles. The Labute approximate surface area is 95.4 Å². The molecule has 0 aromatic heterocycles. The van der Waals surface area contributed by atoms with Crippen LogP contribution in [0.25, 0.3) is 0 Å². The van der Waals surface area contributed by atoms with Crippen molar-refractivity contribution in [2.24, 2.45) is 17.2 Å². The van der Waals surface area contributed by atoms with Crippen molar-refractivity contribution >= 4 is 8.25 Å². The van der Waals surface area contributed by atoms with Crippen LogP contribution in [0.4, 0.5) is 0 Å². The van der Waals surface area contributed by atoms with E-state index in [1.54, 1.807) is 6.08 Å². The van der Waals surface area contributed by atoms with E-state index < -0.39 is 20.3 Å². The SMILES string of the molecule is CC=C1CC(N)(N)O[P+](=O)OC(N)C1=CC. The van der Waals surface area contributed by atoms with Gasteiger partial charge in [0.1, 0.15) is 0 Å². The summed E-state index contributed by atoms with van der Waals surface area (Å²) >= 11 is 0. The predicted octanol–water partition coefficient (Wildman–Crippen LogP) is 0.829. The fraction of sp³-hybridized carbons (Fsp3) is 0.556. The molecule has 0 aliphatic carbocycles. The van der Waals surface area contributed by atoms with E-state index in [-0.39, 0.29) is 6.42 Å². The molecule has 1 fully saturated rings. The van der Waals surface area contributed by atoms with Gasteiger partial charge < -0.3 is 0 Å². The second kappa shape index (κ2) is 5.14. The van der Waals surface area contributed by atoms with Crippen LogP contribution in [0.3, 0.4) is 0 Å². The molecule has 1 aliphatic heterocycles. The van der Waals surface area contributed by atoms with Crippen LogP contribution in [-0.4, -0.2) is 12.1 Å². The predicted molar refractivity (Wildman–Crippen MR) is 61.0 cm³/mol. The van der Waals surface area contributed by atoms with Crippen LogP contribution in [0.5, 0.6) is 0 Å². The topological polar surface area (TPSA) is 114 Å². The van der Waals surface area contributed by atoms with Crippen LogP contribution in [0.2, 0.25) is 0 Å². The zero-order valence-corrected chi connectivity index (χ0v) is 10.2. The fourth-order valence-electron chi connectivity index (χ4n) is 1.54. The maximum Gasteiger partial charge on any atom is 0.702 e. The molecule has 7 heteroatoms. The molecule has 2 unspecified atom stereocenters. The Morgan fingerprint density at radius 1 is 1.44 bits per heavy atom. The highest BCUT2D eigenvalue weighted by molar-refractivity contribution is 7.33. The van der Waals surface area contributed by atoms with Gasteiger partial charge in [-0.2, -0.15) is 0 Å². The van der Waals surface area contributed by atoms with Gasteiger partial charge in [-0.15, -0.1) is 0 Å². The summed E-state index contributed by atoms with van der Waals surface area (Å²) in [6.45, 7) is 3.65. The molecule has 0 aromatic carbocycles. The first-order valence-electron chi connectivity index (χ1n) is 4.88. The van der Waals surface area contributed by atoms with Crippen molar-refractivity contribution in [2.45, 2.75) is 32.3 Å². The molecule has 1 aliphatic rings. The average Bonchev–Trinajstić information content (AvgIpc) is 2.14. The van der Waals surface area contributed by atoms with Crippen molar-refractivity contribution in [2.75, 3.05) is 0 Å². The molecule has 0 radical (unpaired) electrons. The van der Waals surface area contributed by atoms with Crippen LogP contribution in [0.15, 0.2) is 23.3 Å². The summed E-state index contributed by atoms with van der Waals surface area (Å²) in [5.74, 6) is -1.51. The number of hydrogen-bond acceptors (Lipinski definition) is 6. The van der Waals surface area contributed by atoms with E-state index in [1.807, 2.05) is 19.9 Å². The zero-order valence-electron chi connectivity index (χ0n) is 9.34. The van der Waals surface area contributed by atoms with E-state index in [2.05, 4.69) is 0 Å². The third-order valence-electron chi connectivity index (χ3n) is 2.25. The van der Waals surface area contributed by atoms with Gasteiger partial charge in [-0.3, -0.25) is 17.2 Å². The summed E-state index contributed by atoms with van der Waals surface area (Å²) in [5.41, 5.74) is 18.6. The molecular weight excluding hydrogens is 229 g/mol. The molecule has 1 saturated heterocycles. The first-order valence-corrected chi connectivity index (χ1v) is 5.97. The van der Waals surface area contributed by atoms with Crippen molar-refractivity contribution in [1.29, 1.82) is 0 Å². The van der Waals surface area contributed by atoms with Gasteiger partial charge in [0.15, 0.2) is 6.23 Å². The van der Waals surface area contributed by atoms with E-state index in [1.165, 1.54) is 0 Å². The Morgan fingerprint density at radius 2 is 2.06 bits per heavy atom. The Balaban J connectivity index is 3.07. The van der Waals surface area contributed by atoms with Gasteiger partial charge >= 0.3 is 8.25 Å². The minimum atomic E-state index is -2.41. The summed E-state index contributed by atoms with van der Waals surface area (Å²) in [7, 11) is -2.41. The molecule has 0 saturated carbocycles.